The monoisotopic (exact) mass is 198 g/mol. The predicted molar refractivity (Wildman–Crippen MR) is 46.6 cm³/mol. The molecule has 1 N–H and O–H groups in total. The number of nitro groups is 1. The van der Waals surface area contributed by atoms with Gasteiger partial charge in [0.2, 0.25) is 0 Å². The molecule has 0 aliphatic rings. The van der Waals surface area contributed by atoms with Crippen LogP contribution in [-0.2, 0) is 0 Å². The highest BCUT2D eigenvalue weighted by Gasteiger charge is 2.15. The van der Waals surface area contributed by atoms with E-state index in [1.54, 1.807) is 0 Å². The van der Waals surface area contributed by atoms with E-state index in [1.165, 1.54) is 7.11 Å². The molecule has 0 amide bonds. The SMILES string of the molecule is COc1cc([N+](=O)[O-])ccc1[13C](=O)O. The molecule has 1 aromatic rings. The van der Waals surface area contributed by atoms with Crippen molar-refractivity contribution < 1.29 is 19.6 Å². The third-order valence-electron chi connectivity index (χ3n) is 1.63. The number of nitrogens with zero attached hydrogens (tertiary/aromatic N) is 1. The number of non-ortho nitro benzene ring substituents is 1. The van der Waals surface area contributed by atoms with Crippen molar-refractivity contribution in [1.29, 1.82) is 0 Å². The minimum atomic E-state index is -1.18. The summed E-state index contributed by atoms with van der Waals surface area (Å²) >= 11 is 0. The van der Waals surface area contributed by atoms with Gasteiger partial charge in [-0.15, -0.1) is 0 Å². The van der Waals surface area contributed by atoms with Crippen molar-refractivity contribution >= 4 is 11.7 Å². The number of carboxylic acid groups (broad SMARTS) is 1. The van der Waals surface area contributed by atoms with Crippen LogP contribution in [0.25, 0.3) is 0 Å². The van der Waals surface area contributed by atoms with Gasteiger partial charge >= 0.3 is 5.97 Å². The Kier molecular flexibility index (Phi) is 2.66. The van der Waals surface area contributed by atoms with Gasteiger partial charge in [0.15, 0.2) is 0 Å². The third kappa shape index (κ3) is 1.79. The van der Waals surface area contributed by atoms with Gasteiger partial charge in [0.1, 0.15) is 11.3 Å². The lowest BCUT2D eigenvalue weighted by atomic mass is 10.2. The highest BCUT2D eigenvalue weighted by Crippen LogP contribution is 2.24. The highest BCUT2D eigenvalue weighted by molar-refractivity contribution is 5.91. The fraction of sp³-hybridized carbons (Fsp3) is 0.125. The van der Waals surface area contributed by atoms with Crippen LogP contribution in [0.4, 0.5) is 5.69 Å². The molecule has 6 nitrogen and oxygen atoms in total. The molecule has 0 atom stereocenters. The van der Waals surface area contributed by atoms with E-state index in [-0.39, 0.29) is 17.0 Å². The van der Waals surface area contributed by atoms with E-state index < -0.39 is 10.9 Å². The maximum Gasteiger partial charge on any atom is 0.339 e. The molecule has 74 valence electrons. The first-order valence-corrected chi connectivity index (χ1v) is 3.62. The van der Waals surface area contributed by atoms with Gasteiger partial charge in [-0.05, 0) is 6.07 Å². The predicted octanol–water partition coefficient (Wildman–Crippen LogP) is 1.30. The van der Waals surface area contributed by atoms with Crippen LogP contribution in [0.3, 0.4) is 0 Å². The largest absolute Gasteiger partial charge is 0.496 e. The first kappa shape index (κ1) is 9.97. The van der Waals surface area contributed by atoms with Crippen LogP contribution < -0.4 is 4.74 Å². The summed E-state index contributed by atoms with van der Waals surface area (Å²) < 4.78 is 4.71. The third-order valence-corrected chi connectivity index (χ3v) is 1.63. The number of nitro benzene ring substituents is 1. The topological polar surface area (TPSA) is 89.7 Å². The molecular weight excluding hydrogens is 191 g/mol. The van der Waals surface area contributed by atoms with Crippen molar-refractivity contribution in [2.45, 2.75) is 0 Å². The fourth-order valence-corrected chi connectivity index (χ4v) is 0.970. The minimum Gasteiger partial charge on any atom is -0.496 e. The molecule has 0 saturated heterocycles. The highest BCUT2D eigenvalue weighted by atomic mass is 16.6. The molecule has 0 fully saturated rings. The maximum atomic E-state index is 10.6. The Labute approximate surface area is 78.9 Å². The summed E-state index contributed by atoms with van der Waals surface area (Å²) in [4.78, 5) is 20.3. The van der Waals surface area contributed by atoms with Gasteiger partial charge in [0, 0.05) is 6.07 Å². The van der Waals surface area contributed by atoms with Gasteiger partial charge < -0.3 is 9.84 Å². The van der Waals surface area contributed by atoms with Crippen molar-refractivity contribution in [3.63, 3.8) is 0 Å². The molecule has 0 bridgehead atoms. The normalized spacial score (nSPS) is 9.50. The van der Waals surface area contributed by atoms with Crippen LogP contribution in [0.5, 0.6) is 5.75 Å². The maximum absolute atomic E-state index is 10.6. The van der Waals surface area contributed by atoms with Crippen LogP contribution in [-0.4, -0.2) is 23.1 Å². The summed E-state index contributed by atoms with van der Waals surface area (Å²) in [7, 11) is 1.26. The van der Waals surface area contributed by atoms with Gasteiger partial charge in [0.25, 0.3) is 5.69 Å². The molecule has 0 saturated carbocycles. The number of aromatic carboxylic acids is 1. The Morgan fingerprint density at radius 2 is 2.21 bits per heavy atom. The molecule has 0 aliphatic carbocycles. The van der Waals surface area contributed by atoms with E-state index in [0.717, 1.165) is 18.2 Å². The van der Waals surface area contributed by atoms with Crippen LogP contribution in [0, 0.1) is 10.1 Å². The average Bonchev–Trinajstić information content (AvgIpc) is 2.16. The van der Waals surface area contributed by atoms with Crippen LogP contribution in [0.1, 0.15) is 10.4 Å². The Morgan fingerprint density at radius 1 is 1.57 bits per heavy atom. The molecule has 0 radical (unpaired) electrons. The standard InChI is InChI=1S/C8H7NO5/c1-14-7-4-5(9(12)13)2-3-6(7)8(10)11/h2-4H,1H3,(H,10,11)/i8+1. The number of carboxylic acids is 1. The van der Waals surface area contributed by atoms with E-state index in [4.69, 9.17) is 9.84 Å². The summed E-state index contributed by atoms with van der Waals surface area (Å²) in [5.74, 6) is -1.21. The Hall–Kier alpha value is -2.11. The van der Waals surface area contributed by atoms with Gasteiger partial charge in [-0.1, -0.05) is 0 Å². The summed E-state index contributed by atoms with van der Waals surface area (Å²) in [5.41, 5.74) is -0.301. The molecule has 0 spiro atoms. The molecule has 0 aromatic heterocycles. The zero-order valence-electron chi connectivity index (χ0n) is 7.26. The van der Waals surface area contributed by atoms with Crippen molar-refractivity contribution in [2.24, 2.45) is 0 Å². The van der Waals surface area contributed by atoms with Crippen molar-refractivity contribution in [2.75, 3.05) is 7.11 Å². The average molecular weight is 198 g/mol. The number of rotatable bonds is 3. The summed E-state index contributed by atoms with van der Waals surface area (Å²) in [6.07, 6.45) is 0. The summed E-state index contributed by atoms with van der Waals surface area (Å²) in [6, 6.07) is 3.33. The molecule has 6 heteroatoms. The van der Waals surface area contributed by atoms with Gasteiger partial charge in [-0.3, -0.25) is 10.1 Å². The number of carbonyl (C=O) groups is 1. The van der Waals surface area contributed by atoms with Crippen molar-refractivity contribution in [3.05, 3.63) is 33.9 Å². The number of ether oxygens (including phenoxy) is 1. The molecule has 1 aromatic carbocycles. The molecule has 0 heterocycles. The second-order valence-electron chi connectivity index (χ2n) is 2.45. The van der Waals surface area contributed by atoms with Crippen LogP contribution in [0.15, 0.2) is 18.2 Å². The van der Waals surface area contributed by atoms with Gasteiger partial charge in [0.05, 0.1) is 18.1 Å². The lowest BCUT2D eigenvalue weighted by Gasteiger charge is -2.03. The van der Waals surface area contributed by atoms with E-state index in [9.17, 15) is 14.9 Å². The Bertz CT molecular complexity index is 387. The summed E-state index contributed by atoms with van der Waals surface area (Å²) in [5, 5.41) is 19.0. The number of hydrogen-bond donors (Lipinski definition) is 1. The van der Waals surface area contributed by atoms with E-state index in [1.807, 2.05) is 0 Å². The van der Waals surface area contributed by atoms with E-state index in [0.29, 0.717) is 0 Å². The number of methoxy groups -OCH3 is 1. The number of benzene rings is 1. The molecule has 0 aliphatic heterocycles. The van der Waals surface area contributed by atoms with Gasteiger partial charge in [-0.2, -0.15) is 0 Å². The number of hydrogen-bond acceptors (Lipinski definition) is 4. The van der Waals surface area contributed by atoms with E-state index in [2.05, 4.69) is 0 Å². The smallest absolute Gasteiger partial charge is 0.339 e. The molecule has 1 rings (SSSR count). The van der Waals surface area contributed by atoms with Crippen LogP contribution in [0.2, 0.25) is 0 Å². The zero-order valence-corrected chi connectivity index (χ0v) is 7.26. The first-order valence-electron chi connectivity index (χ1n) is 3.62. The van der Waals surface area contributed by atoms with Gasteiger partial charge in [-0.25, -0.2) is 4.79 Å². The minimum absolute atomic E-state index is 0.0216. The van der Waals surface area contributed by atoms with Crippen molar-refractivity contribution in [1.82, 2.24) is 0 Å². The fourth-order valence-electron chi connectivity index (χ4n) is 0.970. The molecular formula is C8H7NO5. The Balaban J connectivity index is 3.25. The zero-order chi connectivity index (χ0) is 10.7. The van der Waals surface area contributed by atoms with Crippen LogP contribution >= 0.6 is 0 Å². The molecule has 0 unspecified atom stereocenters. The second kappa shape index (κ2) is 3.73. The lowest BCUT2D eigenvalue weighted by Crippen LogP contribution is -2.01. The van der Waals surface area contributed by atoms with Crippen molar-refractivity contribution in [3.8, 4) is 5.75 Å². The summed E-state index contributed by atoms with van der Waals surface area (Å²) in [6.45, 7) is 0. The lowest BCUT2D eigenvalue weighted by molar-refractivity contribution is -0.384. The van der Waals surface area contributed by atoms with E-state index >= 15 is 0 Å². The second-order valence-corrected chi connectivity index (χ2v) is 2.45. The molecule has 14 heavy (non-hydrogen) atoms. The quantitative estimate of drug-likeness (QED) is 0.449. The Morgan fingerprint density at radius 3 is 2.64 bits per heavy atom. The first-order chi connectivity index (χ1) is 6.56.